The van der Waals surface area contributed by atoms with Crippen LogP contribution in [0.25, 0.3) is 0 Å². The lowest BCUT2D eigenvalue weighted by atomic mass is 10.1. The van der Waals surface area contributed by atoms with Crippen molar-refractivity contribution in [2.45, 2.75) is 19.8 Å². The van der Waals surface area contributed by atoms with Gasteiger partial charge in [-0.3, -0.25) is 9.59 Å². The minimum atomic E-state index is -0.509. The first-order chi connectivity index (χ1) is 7.24. The van der Waals surface area contributed by atoms with Crippen molar-refractivity contribution in [3.8, 4) is 0 Å². The van der Waals surface area contributed by atoms with E-state index >= 15 is 0 Å². The molecule has 15 heavy (non-hydrogen) atoms. The van der Waals surface area contributed by atoms with Gasteiger partial charge < -0.3 is 4.74 Å². The number of carbonyl (C=O) groups is 2. The van der Waals surface area contributed by atoms with E-state index in [0.29, 0.717) is 12.0 Å². The summed E-state index contributed by atoms with van der Waals surface area (Å²) < 4.78 is 4.70. The maximum absolute atomic E-state index is 11.5. The third-order valence-corrected chi connectivity index (χ3v) is 1.78. The van der Waals surface area contributed by atoms with Crippen LogP contribution in [0.4, 0.5) is 0 Å². The number of hydrogen-bond donors (Lipinski definition) is 0. The van der Waals surface area contributed by atoms with Crippen LogP contribution in [0.1, 0.15) is 30.1 Å². The summed E-state index contributed by atoms with van der Waals surface area (Å²) in [6, 6.07) is 8.70. The van der Waals surface area contributed by atoms with Gasteiger partial charge in [0.05, 0.1) is 0 Å². The molecule has 3 heteroatoms. The number of esters is 1. The highest BCUT2D eigenvalue weighted by molar-refractivity contribution is 6.05. The molecule has 3 nitrogen and oxygen atoms in total. The van der Waals surface area contributed by atoms with Crippen LogP contribution in [-0.4, -0.2) is 11.8 Å². The Labute approximate surface area is 89.1 Å². The SMILES string of the molecule is CC[CH]OC(=O)CC(=O)c1ccccc1. The number of ketones is 1. The van der Waals surface area contributed by atoms with E-state index in [1.165, 1.54) is 6.61 Å². The highest BCUT2D eigenvalue weighted by atomic mass is 16.5. The second-order valence-corrected chi connectivity index (χ2v) is 3.03. The van der Waals surface area contributed by atoms with Crippen LogP contribution in [0.5, 0.6) is 0 Å². The Hall–Kier alpha value is -1.64. The first-order valence-corrected chi connectivity index (χ1v) is 4.83. The predicted octanol–water partition coefficient (Wildman–Crippen LogP) is 2.37. The molecular formula is C12H13O3. The highest BCUT2D eigenvalue weighted by Crippen LogP contribution is 2.04. The van der Waals surface area contributed by atoms with Crippen molar-refractivity contribution in [3.63, 3.8) is 0 Å². The lowest BCUT2D eigenvalue weighted by molar-refractivity contribution is -0.139. The number of Topliss-reactive ketones (excluding diaryl/α,β-unsaturated/α-hetero) is 1. The molecule has 0 aliphatic heterocycles. The number of carbonyl (C=O) groups excluding carboxylic acids is 2. The van der Waals surface area contributed by atoms with Crippen LogP contribution in [-0.2, 0) is 9.53 Å². The molecule has 1 aromatic carbocycles. The molecule has 0 aromatic heterocycles. The molecule has 0 saturated heterocycles. The van der Waals surface area contributed by atoms with Crippen LogP contribution in [0.15, 0.2) is 30.3 Å². The number of ether oxygens (including phenoxy) is 1. The van der Waals surface area contributed by atoms with Gasteiger partial charge in [0.1, 0.15) is 13.0 Å². The number of hydrogen-bond acceptors (Lipinski definition) is 3. The summed E-state index contributed by atoms with van der Waals surface area (Å²) in [7, 11) is 0. The van der Waals surface area contributed by atoms with Gasteiger partial charge in [0.15, 0.2) is 5.78 Å². The zero-order chi connectivity index (χ0) is 11.1. The third-order valence-electron chi connectivity index (χ3n) is 1.78. The zero-order valence-corrected chi connectivity index (χ0v) is 8.60. The van der Waals surface area contributed by atoms with Gasteiger partial charge in [-0.15, -0.1) is 0 Å². The van der Waals surface area contributed by atoms with Gasteiger partial charge in [-0.25, -0.2) is 0 Å². The smallest absolute Gasteiger partial charge is 0.314 e. The molecule has 0 atom stereocenters. The van der Waals surface area contributed by atoms with Crippen molar-refractivity contribution in [3.05, 3.63) is 42.5 Å². The minimum Gasteiger partial charge on any atom is -0.458 e. The van der Waals surface area contributed by atoms with Crippen LogP contribution in [0.3, 0.4) is 0 Å². The molecule has 0 unspecified atom stereocenters. The molecule has 0 N–H and O–H groups in total. The Bertz CT molecular complexity index is 330. The molecule has 0 saturated carbocycles. The van der Waals surface area contributed by atoms with Crippen molar-refractivity contribution in [1.82, 2.24) is 0 Å². The largest absolute Gasteiger partial charge is 0.458 e. The fraction of sp³-hybridized carbons (Fsp3) is 0.250. The molecule has 0 aliphatic rings. The molecule has 1 aromatic rings. The normalized spacial score (nSPS) is 9.67. The first kappa shape index (κ1) is 11.4. The van der Waals surface area contributed by atoms with Gasteiger partial charge in [-0.05, 0) is 6.42 Å². The van der Waals surface area contributed by atoms with Crippen LogP contribution in [0, 0.1) is 6.61 Å². The topological polar surface area (TPSA) is 43.4 Å². The number of rotatable bonds is 5. The zero-order valence-electron chi connectivity index (χ0n) is 8.60. The molecular weight excluding hydrogens is 192 g/mol. The Balaban J connectivity index is 2.46. The molecule has 0 spiro atoms. The van der Waals surface area contributed by atoms with E-state index in [-0.39, 0.29) is 12.2 Å². The maximum Gasteiger partial charge on any atom is 0.314 e. The average Bonchev–Trinajstić information content (AvgIpc) is 2.27. The molecule has 0 fully saturated rings. The van der Waals surface area contributed by atoms with E-state index in [2.05, 4.69) is 0 Å². The summed E-state index contributed by atoms with van der Waals surface area (Å²) in [6.45, 7) is 3.24. The van der Waals surface area contributed by atoms with E-state index < -0.39 is 5.97 Å². The number of benzene rings is 1. The van der Waals surface area contributed by atoms with Crippen molar-refractivity contribution < 1.29 is 14.3 Å². The van der Waals surface area contributed by atoms with Crippen molar-refractivity contribution in [2.24, 2.45) is 0 Å². The fourth-order valence-electron chi connectivity index (χ4n) is 1.08. The Morgan fingerprint density at radius 1 is 1.27 bits per heavy atom. The Morgan fingerprint density at radius 3 is 2.53 bits per heavy atom. The van der Waals surface area contributed by atoms with Gasteiger partial charge in [0, 0.05) is 5.56 Å². The maximum atomic E-state index is 11.5. The van der Waals surface area contributed by atoms with E-state index in [1.54, 1.807) is 24.3 Å². The summed E-state index contributed by atoms with van der Waals surface area (Å²) in [6.07, 6.45) is 0.436. The first-order valence-electron chi connectivity index (χ1n) is 4.83. The fourth-order valence-corrected chi connectivity index (χ4v) is 1.08. The highest BCUT2D eigenvalue weighted by Gasteiger charge is 2.11. The van der Waals surface area contributed by atoms with Crippen LogP contribution >= 0.6 is 0 Å². The third kappa shape index (κ3) is 3.94. The van der Waals surface area contributed by atoms with Gasteiger partial charge >= 0.3 is 5.97 Å². The lowest BCUT2D eigenvalue weighted by Crippen LogP contribution is -2.10. The summed E-state index contributed by atoms with van der Waals surface area (Å²) in [5, 5.41) is 0. The van der Waals surface area contributed by atoms with Gasteiger partial charge in [0.25, 0.3) is 0 Å². The molecule has 1 radical (unpaired) electrons. The minimum absolute atomic E-state index is 0.208. The molecule has 1 rings (SSSR count). The van der Waals surface area contributed by atoms with E-state index in [4.69, 9.17) is 4.74 Å². The summed E-state index contributed by atoms with van der Waals surface area (Å²) in [5.74, 6) is -0.726. The second-order valence-electron chi connectivity index (χ2n) is 3.03. The Morgan fingerprint density at radius 2 is 1.93 bits per heavy atom. The van der Waals surface area contributed by atoms with Crippen LogP contribution in [0.2, 0.25) is 0 Å². The van der Waals surface area contributed by atoms with E-state index in [9.17, 15) is 9.59 Å². The van der Waals surface area contributed by atoms with Crippen molar-refractivity contribution in [1.29, 1.82) is 0 Å². The standard InChI is InChI=1S/C12H13O3/c1-2-8-15-12(14)9-11(13)10-6-4-3-5-7-10/h3-8H,2,9H2,1H3. The summed E-state index contributed by atoms with van der Waals surface area (Å²) >= 11 is 0. The lowest BCUT2D eigenvalue weighted by Gasteiger charge is -2.01. The monoisotopic (exact) mass is 205 g/mol. The molecule has 0 heterocycles. The molecule has 0 amide bonds. The summed E-state index contributed by atoms with van der Waals surface area (Å²) in [4.78, 5) is 22.6. The van der Waals surface area contributed by atoms with Crippen LogP contribution < -0.4 is 0 Å². The van der Waals surface area contributed by atoms with E-state index in [1.807, 2.05) is 13.0 Å². The Kier molecular flexibility index (Phi) is 4.54. The van der Waals surface area contributed by atoms with Crippen molar-refractivity contribution in [2.75, 3.05) is 0 Å². The summed E-state index contributed by atoms with van der Waals surface area (Å²) in [5.41, 5.74) is 0.533. The van der Waals surface area contributed by atoms with Gasteiger partial charge in [-0.1, -0.05) is 37.3 Å². The van der Waals surface area contributed by atoms with Gasteiger partial charge in [0.2, 0.25) is 0 Å². The predicted molar refractivity (Wildman–Crippen MR) is 56.1 cm³/mol. The average molecular weight is 205 g/mol. The van der Waals surface area contributed by atoms with E-state index in [0.717, 1.165) is 0 Å². The van der Waals surface area contributed by atoms with Gasteiger partial charge in [-0.2, -0.15) is 0 Å². The quantitative estimate of drug-likeness (QED) is 0.421. The second kappa shape index (κ2) is 5.96. The molecule has 0 aliphatic carbocycles. The van der Waals surface area contributed by atoms with Crippen molar-refractivity contribution >= 4 is 11.8 Å². The molecule has 79 valence electrons. The molecule has 0 bridgehead atoms.